The topological polar surface area (TPSA) is 113 Å². The quantitative estimate of drug-likeness (QED) is 0.140. The average molecular weight is 548 g/mol. The molecule has 9 nitrogen and oxygen atoms in total. The number of methoxy groups -OCH3 is 1. The summed E-state index contributed by atoms with van der Waals surface area (Å²) in [5.74, 6) is 2.31. The lowest BCUT2D eigenvalue weighted by Crippen LogP contribution is -2.33. The minimum atomic E-state index is -0.774. The van der Waals surface area contributed by atoms with Crippen molar-refractivity contribution in [2.45, 2.75) is 18.8 Å². The van der Waals surface area contributed by atoms with Crippen LogP contribution in [0.25, 0.3) is 32.5 Å². The van der Waals surface area contributed by atoms with Crippen LogP contribution in [-0.4, -0.2) is 23.4 Å². The van der Waals surface area contributed by atoms with Gasteiger partial charge in [0.05, 0.1) is 17.6 Å². The highest BCUT2D eigenvalue weighted by atomic mass is 16.7. The normalized spacial score (nSPS) is 16.9. The molecule has 0 bridgehead atoms. The van der Waals surface area contributed by atoms with E-state index >= 15 is 0 Å². The summed E-state index contributed by atoms with van der Waals surface area (Å²) in [6.45, 7) is 0. The summed E-state index contributed by atoms with van der Waals surface area (Å²) in [5, 5.41) is 26.6. The standard InChI is InChI=1S/C32H21NO8/c1-37-30-25-22(38-24(27(25)34)14-16-10-12-17(13-11-16)33(35)36)15-23-26(30)31-32(39-23)41-29-21-9-5-3-7-19(21)18-6-2-4-8-20(18)28(29)40-31/h2-13,15,31-32,34H,14H2,1H3. The van der Waals surface area contributed by atoms with Gasteiger partial charge < -0.3 is 28.5 Å². The Balaban J connectivity index is 1.24. The Bertz CT molecular complexity index is 2050. The number of benzene rings is 5. The van der Waals surface area contributed by atoms with Crippen molar-refractivity contribution in [2.75, 3.05) is 7.11 Å². The molecule has 0 aliphatic carbocycles. The van der Waals surface area contributed by atoms with E-state index in [1.54, 1.807) is 18.2 Å². The predicted molar refractivity (Wildman–Crippen MR) is 150 cm³/mol. The summed E-state index contributed by atoms with van der Waals surface area (Å²) in [6, 6.07) is 23.9. The number of hydrogen-bond acceptors (Lipinski definition) is 8. The maximum Gasteiger partial charge on any atom is 0.282 e. The third kappa shape index (κ3) is 3.35. The number of hydrogen-bond donors (Lipinski definition) is 1. The summed E-state index contributed by atoms with van der Waals surface area (Å²) in [5.41, 5.74) is 1.73. The number of ether oxygens (including phenoxy) is 4. The molecule has 5 aromatic carbocycles. The van der Waals surface area contributed by atoms with Crippen molar-refractivity contribution in [3.8, 4) is 28.7 Å². The summed E-state index contributed by atoms with van der Waals surface area (Å²) in [4.78, 5) is 10.5. The first-order valence-corrected chi connectivity index (χ1v) is 13.0. The van der Waals surface area contributed by atoms with Crippen LogP contribution in [0, 0.1) is 10.1 Å². The Morgan fingerprint density at radius 3 is 2.15 bits per heavy atom. The SMILES string of the molecule is COc1c2c(cc3oc(Cc4ccc([N+](=O)[O-])cc4)c(O)c13)OC1Oc3c(c4ccccc4c4ccccc34)OC21. The third-order valence-electron chi connectivity index (χ3n) is 7.79. The molecule has 3 heterocycles. The van der Waals surface area contributed by atoms with E-state index in [0.717, 1.165) is 27.1 Å². The summed E-state index contributed by atoms with van der Waals surface area (Å²) < 4.78 is 31.3. The van der Waals surface area contributed by atoms with Gasteiger partial charge >= 0.3 is 0 Å². The second-order valence-electron chi connectivity index (χ2n) is 10.1. The van der Waals surface area contributed by atoms with Gasteiger partial charge in [0.1, 0.15) is 22.5 Å². The molecular weight excluding hydrogens is 526 g/mol. The maximum atomic E-state index is 11.3. The van der Waals surface area contributed by atoms with Crippen molar-refractivity contribution in [1.29, 1.82) is 0 Å². The summed E-state index contributed by atoms with van der Waals surface area (Å²) >= 11 is 0. The van der Waals surface area contributed by atoms with Crippen LogP contribution in [0.5, 0.6) is 28.7 Å². The Hall–Kier alpha value is -5.44. The van der Waals surface area contributed by atoms with Crippen LogP contribution >= 0.6 is 0 Å². The van der Waals surface area contributed by atoms with Crippen molar-refractivity contribution in [1.82, 2.24) is 0 Å². The number of aromatic hydroxyl groups is 1. The molecular formula is C32H21NO8. The fraction of sp³-hybridized carbons (Fsp3) is 0.125. The first-order chi connectivity index (χ1) is 20.0. The first-order valence-electron chi connectivity index (χ1n) is 13.0. The summed E-state index contributed by atoms with van der Waals surface area (Å²) in [6.07, 6.45) is -1.20. The van der Waals surface area contributed by atoms with Crippen molar-refractivity contribution < 1.29 is 33.4 Å². The number of nitro benzene ring substituents is 1. The van der Waals surface area contributed by atoms with Gasteiger partial charge in [-0.1, -0.05) is 60.7 Å². The zero-order valence-corrected chi connectivity index (χ0v) is 21.6. The van der Waals surface area contributed by atoms with E-state index in [4.69, 9.17) is 23.4 Å². The van der Waals surface area contributed by atoms with Crippen molar-refractivity contribution in [3.63, 3.8) is 0 Å². The molecule has 202 valence electrons. The van der Waals surface area contributed by atoms with Gasteiger partial charge in [-0.05, 0) is 16.3 Å². The number of non-ortho nitro benzene ring substituents is 1. The Kier molecular flexibility index (Phi) is 4.88. The van der Waals surface area contributed by atoms with E-state index in [-0.39, 0.29) is 17.9 Å². The molecule has 1 aromatic heterocycles. The molecule has 0 fully saturated rings. The van der Waals surface area contributed by atoms with Crippen LogP contribution in [0.3, 0.4) is 0 Å². The van der Waals surface area contributed by atoms with E-state index in [1.165, 1.54) is 19.2 Å². The molecule has 2 aliphatic rings. The molecule has 0 saturated heterocycles. The van der Waals surface area contributed by atoms with Crippen LogP contribution in [-0.2, 0) is 6.42 Å². The fourth-order valence-electron chi connectivity index (χ4n) is 5.95. The zero-order chi connectivity index (χ0) is 27.8. The third-order valence-corrected chi connectivity index (χ3v) is 7.79. The van der Waals surface area contributed by atoms with Gasteiger partial charge in [-0.15, -0.1) is 0 Å². The minimum absolute atomic E-state index is 0.00979. The van der Waals surface area contributed by atoms with Gasteiger partial charge in [-0.25, -0.2) is 0 Å². The molecule has 41 heavy (non-hydrogen) atoms. The molecule has 1 N–H and O–H groups in total. The lowest BCUT2D eigenvalue weighted by Gasteiger charge is -2.30. The zero-order valence-electron chi connectivity index (χ0n) is 21.6. The van der Waals surface area contributed by atoms with Crippen molar-refractivity contribution in [3.05, 3.63) is 106 Å². The molecule has 6 aromatic rings. The van der Waals surface area contributed by atoms with Crippen LogP contribution < -0.4 is 18.9 Å². The van der Waals surface area contributed by atoms with Crippen LogP contribution in [0.4, 0.5) is 5.69 Å². The van der Waals surface area contributed by atoms with Gasteiger partial charge in [-0.3, -0.25) is 10.1 Å². The van der Waals surface area contributed by atoms with Crippen LogP contribution in [0.2, 0.25) is 0 Å². The molecule has 0 amide bonds. The number of furan rings is 1. The second-order valence-corrected chi connectivity index (χ2v) is 10.1. The Labute approximate surface area is 232 Å². The molecule has 0 spiro atoms. The van der Waals surface area contributed by atoms with E-state index in [9.17, 15) is 15.2 Å². The monoisotopic (exact) mass is 547 g/mol. The highest BCUT2D eigenvalue weighted by Gasteiger charge is 2.46. The maximum absolute atomic E-state index is 11.3. The average Bonchev–Trinajstić information content (AvgIpc) is 3.51. The molecule has 9 heteroatoms. The molecule has 2 aliphatic heterocycles. The Morgan fingerprint density at radius 1 is 0.878 bits per heavy atom. The highest BCUT2D eigenvalue weighted by Crippen LogP contribution is 2.57. The van der Waals surface area contributed by atoms with E-state index < -0.39 is 17.3 Å². The van der Waals surface area contributed by atoms with E-state index in [1.807, 2.05) is 36.4 Å². The lowest BCUT2D eigenvalue weighted by atomic mass is 9.98. The van der Waals surface area contributed by atoms with Crippen molar-refractivity contribution in [2.24, 2.45) is 0 Å². The number of nitro groups is 1. The summed E-state index contributed by atoms with van der Waals surface area (Å²) in [7, 11) is 1.52. The molecule has 2 atom stereocenters. The van der Waals surface area contributed by atoms with Gasteiger partial charge in [0.2, 0.25) is 6.10 Å². The molecule has 8 rings (SSSR count). The number of nitrogens with zero attached hydrogens (tertiary/aromatic N) is 1. The van der Waals surface area contributed by atoms with Gasteiger partial charge in [0.25, 0.3) is 12.0 Å². The van der Waals surface area contributed by atoms with E-state index in [0.29, 0.717) is 45.3 Å². The number of fused-ring (bicyclic) bond motifs is 10. The van der Waals surface area contributed by atoms with Crippen LogP contribution in [0.1, 0.15) is 23.0 Å². The van der Waals surface area contributed by atoms with Gasteiger partial charge in [0.15, 0.2) is 23.0 Å². The minimum Gasteiger partial charge on any atom is -0.504 e. The smallest absolute Gasteiger partial charge is 0.282 e. The van der Waals surface area contributed by atoms with Gasteiger partial charge in [-0.2, -0.15) is 0 Å². The second kappa shape index (κ2) is 8.53. The van der Waals surface area contributed by atoms with Crippen LogP contribution in [0.15, 0.2) is 83.3 Å². The first kappa shape index (κ1) is 23.4. The highest BCUT2D eigenvalue weighted by molar-refractivity contribution is 6.14. The molecule has 0 radical (unpaired) electrons. The molecule has 0 saturated carbocycles. The van der Waals surface area contributed by atoms with Crippen molar-refractivity contribution >= 4 is 38.2 Å². The Morgan fingerprint density at radius 2 is 1.51 bits per heavy atom. The van der Waals surface area contributed by atoms with Gasteiger partial charge in [0, 0.05) is 35.4 Å². The lowest BCUT2D eigenvalue weighted by molar-refractivity contribution is -0.384. The van der Waals surface area contributed by atoms with E-state index in [2.05, 4.69) is 12.1 Å². The largest absolute Gasteiger partial charge is 0.504 e. The molecule has 2 unspecified atom stereocenters. The fourth-order valence-corrected chi connectivity index (χ4v) is 5.95. The number of rotatable bonds is 4. The predicted octanol–water partition coefficient (Wildman–Crippen LogP) is 7.18.